The molecule has 1 aromatic rings. The molecule has 1 amide bonds. The SMILES string of the molecule is Cc1cc(C#CCO)cc(NC(=O)CC(F)(F)F)c1. The Morgan fingerprint density at radius 1 is 1.37 bits per heavy atom. The van der Waals surface area contributed by atoms with Crippen LogP contribution in [0.15, 0.2) is 18.2 Å². The number of carbonyl (C=O) groups is 1. The molecule has 0 saturated carbocycles. The van der Waals surface area contributed by atoms with Crippen LogP contribution in [0, 0.1) is 18.8 Å². The molecular weight excluding hydrogens is 259 g/mol. The topological polar surface area (TPSA) is 49.3 Å². The van der Waals surface area contributed by atoms with Gasteiger partial charge in [-0.15, -0.1) is 0 Å². The van der Waals surface area contributed by atoms with Gasteiger partial charge in [-0.25, -0.2) is 0 Å². The van der Waals surface area contributed by atoms with E-state index in [1.807, 2.05) is 0 Å². The molecule has 102 valence electrons. The van der Waals surface area contributed by atoms with Crippen LogP contribution in [0.2, 0.25) is 0 Å². The Bertz CT molecular complexity index is 527. The highest BCUT2D eigenvalue weighted by Gasteiger charge is 2.31. The standard InChI is InChI=1S/C13H12F3NO2/c1-9-5-10(3-2-4-18)7-11(6-9)17-12(19)8-13(14,15)16/h5-7,18H,4,8H2,1H3,(H,17,19). The van der Waals surface area contributed by atoms with E-state index in [1.54, 1.807) is 19.1 Å². The van der Waals surface area contributed by atoms with E-state index < -0.39 is 18.5 Å². The Balaban J connectivity index is 2.84. The van der Waals surface area contributed by atoms with Gasteiger partial charge in [0.1, 0.15) is 13.0 Å². The third-order valence-electron chi connectivity index (χ3n) is 2.03. The summed E-state index contributed by atoms with van der Waals surface area (Å²) in [6, 6.07) is 4.68. The van der Waals surface area contributed by atoms with Crippen molar-refractivity contribution in [2.45, 2.75) is 19.5 Å². The minimum Gasteiger partial charge on any atom is -0.384 e. The Hall–Kier alpha value is -2.00. The van der Waals surface area contributed by atoms with Gasteiger partial charge >= 0.3 is 6.18 Å². The average molecular weight is 271 g/mol. The Morgan fingerprint density at radius 2 is 2.05 bits per heavy atom. The molecule has 6 heteroatoms. The largest absolute Gasteiger partial charge is 0.397 e. The molecule has 3 nitrogen and oxygen atoms in total. The smallest absolute Gasteiger partial charge is 0.384 e. The fraction of sp³-hybridized carbons (Fsp3) is 0.308. The van der Waals surface area contributed by atoms with Crippen molar-refractivity contribution >= 4 is 11.6 Å². The average Bonchev–Trinajstić information content (AvgIpc) is 2.22. The Labute approximate surface area is 108 Å². The van der Waals surface area contributed by atoms with E-state index >= 15 is 0 Å². The molecule has 0 aliphatic carbocycles. The van der Waals surface area contributed by atoms with Crippen LogP contribution in [0.3, 0.4) is 0 Å². The van der Waals surface area contributed by atoms with Crippen molar-refractivity contribution in [2.75, 3.05) is 11.9 Å². The van der Waals surface area contributed by atoms with Crippen molar-refractivity contribution in [2.24, 2.45) is 0 Å². The molecule has 0 saturated heterocycles. The van der Waals surface area contributed by atoms with Gasteiger partial charge < -0.3 is 10.4 Å². The highest BCUT2D eigenvalue weighted by atomic mass is 19.4. The number of nitrogens with one attached hydrogen (secondary N) is 1. The summed E-state index contributed by atoms with van der Waals surface area (Å²) >= 11 is 0. The number of aliphatic hydroxyl groups excluding tert-OH is 1. The molecule has 0 fully saturated rings. The number of aliphatic hydroxyl groups is 1. The van der Waals surface area contributed by atoms with Crippen LogP contribution in [-0.2, 0) is 4.79 Å². The van der Waals surface area contributed by atoms with Crippen molar-refractivity contribution in [1.29, 1.82) is 0 Å². The molecule has 19 heavy (non-hydrogen) atoms. The first kappa shape index (κ1) is 15.1. The summed E-state index contributed by atoms with van der Waals surface area (Å²) in [5.41, 5.74) is 1.50. The summed E-state index contributed by atoms with van der Waals surface area (Å²) in [4.78, 5) is 11.2. The summed E-state index contributed by atoms with van der Waals surface area (Å²) < 4.78 is 36.1. The van der Waals surface area contributed by atoms with E-state index in [1.165, 1.54) is 6.07 Å². The second-order valence-corrected chi connectivity index (χ2v) is 3.89. The molecule has 0 aliphatic heterocycles. The molecular formula is C13H12F3NO2. The lowest BCUT2D eigenvalue weighted by atomic mass is 10.1. The quantitative estimate of drug-likeness (QED) is 0.810. The van der Waals surface area contributed by atoms with Crippen molar-refractivity contribution in [3.05, 3.63) is 29.3 Å². The first-order chi connectivity index (χ1) is 8.80. The van der Waals surface area contributed by atoms with Crippen molar-refractivity contribution in [3.63, 3.8) is 0 Å². The second-order valence-electron chi connectivity index (χ2n) is 3.89. The van der Waals surface area contributed by atoms with Gasteiger partial charge in [-0.3, -0.25) is 4.79 Å². The van der Waals surface area contributed by atoms with Gasteiger partial charge in [-0.2, -0.15) is 13.2 Å². The minimum atomic E-state index is -4.53. The van der Waals surface area contributed by atoms with Gasteiger partial charge in [0.25, 0.3) is 0 Å². The molecule has 0 radical (unpaired) electrons. The van der Waals surface area contributed by atoms with Gasteiger partial charge in [0, 0.05) is 11.3 Å². The van der Waals surface area contributed by atoms with E-state index in [0.717, 1.165) is 5.56 Å². The molecule has 0 aromatic heterocycles. The van der Waals surface area contributed by atoms with E-state index in [2.05, 4.69) is 17.2 Å². The van der Waals surface area contributed by atoms with E-state index in [4.69, 9.17) is 5.11 Å². The molecule has 0 spiro atoms. The lowest BCUT2D eigenvalue weighted by molar-refractivity contribution is -0.150. The molecule has 2 N–H and O–H groups in total. The number of benzene rings is 1. The van der Waals surface area contributed by atoms with Crippen LogP contribution in [0.1, 0.15) is 17.5 Å². The highest BCUT2D eigenvalue weighted by Crippen LogP contribution is 2.21. The van der Waals surface area contributed by atoms with Crippen LogP contribution in [0.4, 0.5) is 18.9 Å². The predicted octanol–water partition coefficient (Wildman–Crippen LogP) is 2.23. The van der Waals surface area contributed by atoms with E-state index in [9.17, 15) is 18.0 Å². The maximum Gasteiger partial charge on any atom is 0.397 e. The third kappa shape index (κ3) is 5.93. The number of amides is 1. The summed E-state index contributed by atoms with van der Waals surface area (Å²) in [7, 11) is 0. The first-order valence-electron chi connectivity index (χ1n) is 5.38. The lowest BCUT2D eigenvalue weighted by Gasteiger charge is -2.09. The minimum absolute atomic E-state index is 0.247. The summed E-state index contributed by atoms with van der Waals surface area (Å²) in [6.45, 7) is 1.41. The fourth-order valence-corrected chi connectivity index (χ4v) is 1.46. The van der Waals surface area contributed by atoms with Crippen molar-refractivity contribution < 1.29 is 23.1 Å². The van der Waals surface area contributed by atoms with Gasteiger partial charge in [-0.05, 0) is 30.7 Å². The predicted molar refractivity (Wildman–Crippen MR) is 64.4 cm³/mol. The van der Waals surface area contributed by atoms with Crippen LogP contribution in [0.5, 0.6) is 0 Å². The Morgan fingerprint density at radius 3 is 2.63 bits per heavy atom. The van der Waals surface area contributed by atoms with Crippen LogP contribution in [-0.4, -0.2) is 23.8 Å². The van der Waals surface area contributed by atoms with E-state index in [0.29, 0.717) is 5.56 Å². The van der Waals surface area contributed by atoms with Crippen molar-refractivity contribution in [1.82, 2.24) is 0 Å². The first-order valence-corrected chi connectivity index (χ1v) is 5.38. The number of hydrogen-bond acceptors (Lipinski definition) is 2. The van der Waals surface area contributed by atoms with Crippen LogP contribution in [0.25, 0.3) is 0 Å². The number of halogens is 3. The third-order valence-corrected chi connectivity index (χ3v) is 2.03. The second kappa shape index (κ2) is 6.25. The maximum atomic E-state index is 12.0. The van der Waals surface area contributed by atoms with Crippen molar-refractivity contribution in [3.8, 4) is 11.8 Å². The molecule has 1 rings (SSSR count). The number of rotatable bonds is 2. The maximum absolute atomic E-state index is 12.0. The monoisotopic (exact) mass is 271 g/mol. The summed E-state index contributed by atoms with van der Waals surface area (Å²) in [5.74, 6) is 3.92. The molecule has 0 aliphatic rings. The summed E-state index contributed by atoms with van der Waals surface area (Å²) in [6.07, 6.45) is -6.06. The van der Waals surface area contributed by atoms with Gasteiger partial charge in [0.05, 0.1) is 0 Å². The van der Waals surface area contributed by atoms with Gasteiger partial charge in [0.2, 0.25) is 5.91 Å². The number of aryl methyl sites for hydroxylation is 1. The van der Waals surface area contributed by atoms with Gasteiger partial charge in [-0.1, -0.05) is 11.8 Å². The molecule has 1 aromatic carbocycles. The lowest BCUT2D eigenvalue weighted by Crippen LogP contribution is -2.21. The zero-order valence-corrected chi connectivity index (χ0v) is 10.1. The van der Waals surface area contributed by atoms with Crippen LogP contribution < -0.4 is 5.32 Å². The molecule has 0 unspecified atom stereocenters. The van der Waals surface area contributed by atoms with Gasteiger partial charge in [0.15, 0.2) is 0 Å². The highest BCUT2D eigenvalue weighted by molar-refractivity contribution is 5.91. The normalized spacial score (nSPS) is 10.6. The fourth-order valence-electron chi connectivity index (χ4n) is 1.46. The number of alkyl halides is 3. The molecule has 0 atom stereocenters. The zero-order chi connectivity index (χ0) is 14.5. The molecule has 0 bridgehead atoms. The Kier molecular flexibility index (Phi) is 4.95. The van der Waals surface area contributed by atoms with Crippen LogP contribution >= 0.6 is 0 Å². The molecule has 0 heterocycles. The summed E-state index contributed by atoms with van der Waals surface area (Å²) in [5, 5.41) is 10.7. The zero-order valence-electron chi connectivity index (χ0n) is 10.1. The number of anilines is 1. The number of carbonyl (C=O) groups excluding carboxylic acids is 1. The van der Waals surface area contributed by atoms with E-state index in [-0.39, 0.29) is 12.3 Å². The number of hydrogen-bond donors (Lipinski definition) is 2.